The number of nitrogens with zero attached hydrogens (tertiary/aromatic N) is 1. The maximum Gasteiger partial charge on any atom is 0.270 e. The van der Waals surface area contributed by atoms with Gasteiger partial charge in [-0.3, -0.25) is 9.59 Å². The van der Waals surface area contributed by atoms with E-state index in [1.807, 2.05) is 0 Å². The molecule has 0 aliphatic heterocycles. The van der Waals surface area contributed by atoms with Crippen LogP contribution in [0.25, 0.3) is 0 Å². The van der Waals surface area contributed by atoms with E-state index in [2.05, 4.69) is 10.3 Å². The molecule has 2 aromatic rings. The second-order valence-electron chi connectivity index (χ2n) is 4.45. The molecule has 2 rings (SSSR count). The molecule has 21 heavy (non-hydrogen) atoms. The number of halogens is 2. The minimum Gasteiger partial charge on any atom is -0.356 e. The normalized spacial score (nSPS) is 10.2. The third-order valence-electron chi connectivity index (χ3n) is 2.73. The van der Waals surface area contributed by atoms with Crippen molar-refractivity contribution in [1.82, 2.24) is 9.88 Å². The van der Waals surface area contributed by atoms with Gasteiger partial charge >= 0.3 is 0 Å². The van der Waals surface area contributed by atoms with E-state index in [0.717, 1.165) is 0 Å². The number of anilines is 1. The van der Waals surface area contributed by atoms with Gasteiger partial charge in [0.05, 0.1) is 11.6 Å². The van der Waals surface area contributed by atoms with Crippen LogP contribution >= 0.6 is 11.6 Å². The van der Waals surface area contributed by atoms with Gasteiger partial charge in [-0.15, -0.1) is 0 Å². The Morgan fingerprint density at radius 2 is 2.00 bits per heavy atom. The van der Waals surface area contributed by atoms with Gasteiger partial charge in [0.2, 0.25) is 5.91 Å². The van der Waals surface area contributed by atoms with Crippen LogP contribution in [-0.4, -0.2) is 35.3 Å². The standard InChI is InChI=1S/C14H13ClFN3O2/c1-19(14(21)12-6-9(15)7-17-12)8-13(20)18-11-4-2-10(16)3-5-11/h2-7,17H,8H2,1H3,(H,18,20). The molecule has 0 saturated carbocycles. The summed E-state index contributed by atoms with van der Waals surface area (Å²) >= 11 is 5.72. The maximum atomic E-state index is 12.7. The minimum absolute atomic E-state index is 0.132. The van der Waals surface area contributed by atoms with Gasteiger partial charge in [-0.25, -0.2) is 4.39 Å². The lowest BCUT2D eigenvalue weighted by atomic mass is 10.3. The van der Waals surface area contributed by atoms with Crippen LogP contribution in [0.5, 0.6) is 0 Å². The molecule has 1 heterocycles. The fraction of sp³-hybridized carbons (Fsp3) is 0.143. The van der Waals surface area contributed by atoms with Crippen LogP contribution in [0.15, 0.2) is 36.5 Å². The summed E-state index contributed by atoms with van der Waals surface area (Å²) in [7, 11) is 1.50. The molecule has 0 saturated heterocycles. The van der Waals surface area contributed by atoms with Gasteiger partial charge in [0, 0.05) is 18.9 Å². The molecule has 2 N–H and O–H groups in total. The molecule has 0 radical (unpaired) electrons. The van der Waals surface area contributed by atoms with E-state index in [1.165, 1.54) is 48.5 Å². The van der Waals surface area contributed by atoms with Crippen LogP contribution < -0.4 is 5.32 Å². The van der Waals surface area contributed by atoms with E-state index in [1.54, 1.807) is 0 Å². The largest absolute Gasteiger partial charge is 0.356 e. The lowest BCUT2D eigenvalue weighted by molar-refractivity contribution is -0.116. The number of aromatic nitrogens is 1. The van der Waals surface area contributed by atoms with Crippen LogP contribution in [0.3, 0.4) is 0 Å². The number of carbonyl (C=O) groups is 2. The number of H-pyrrole nitrogens is 1. The lowest BCUT2D eigenvalue weighted by Crippen LogP contribution is -2.35. The zero-order valence-electron chi connectivity index (χ0n) is 11.2. The summed E-state index contributed by atoms with van der Waals surface area (Å²) < 4.78 is 12.7. The van der Waals surface area contributed by atoms with Crippen LogP contribution in [0, 0.1) is 5.82 Å². The van der Waals surface area contributed by atoms with Gasteiger partial charge in [-0.05, 0) is 30.3 Å². The number of nitrogens with one attached hydrogen (secondary N) is 2. The van der Waals surface area contributed by atoms with Crippen LogP contribution in [0.2, 0.25) is 5.02 Å². The first-order valence-electron chi connectivity index (χ1n) is 6.10. The van der Waals surface area contributed by atoms with E-state index in [0.29, 0.717) is 16.4 Å². The Kier molecular flexibility index (Phi) is 4.59. The molecular weight excluding hydrogens is 297 g/mol. The minimum atomic E-state index is -0.385. The number of hydrogen-bond acceptors (Lipinski definition) is 2. The fourth-order valence-corrected chi connectivity index (χ4v) is 1.88. The first kappa shape index (κ1) is 15.1. The molecule has 1 aromatic heterocycles. The van der Waals surface area contributed by atoms with Crippen molar-refractivity contribution in [3.8, 4) is 0 Å². The van der Waals surface area contributed by atoms with Crippen molar-refractivity contribution in [3.05, 3.63) is 53.1 Å². The molecule has 0 spiro atoms. The monoisotopic (exact) mass is 309 g/mol. The third-order valence-corrected chi connectivity index (χ3v) is 2.95. The van der Waals surface area contributed by atoms with Gasteiger partial charge in [0.25, 0.3) is 5.91 Å². The Balaban J connectivity index is 1.92. The summed E-state index contributed by atoms with van der Waals surface area (Å²) in [5.41, 5.74) is 0.766. The summed E-state index contributed by atoms with van der Waals surface area (Å²) in [6.07, 6.45) is 1.49. The van der Waals surface area contributed by atoms with Crippen molar-refractivity contribution in [1.29, 1.82) is 0 Å². The zero-order valence-corrected chi connectivity index (χ0v) is 11.9. The molecule has 7 heteroatoms. The van der Waals surface area contributed by atoms with E-state index in [9.17, 15) is 14.0 Å². The van der Waals surface area contributed by atoms with E-state index in [-0.39, 0.29) is 24.2 Å². The summed E-state index contributed by atoms with van der Waals surface area (Å²) in [6, 6.07) is 6.86. The zero-order chi connectivity index (χ0) is 15.4. The Labute approximate surface area is 125 Å². The Morgan fingerprint density at radius 1 is 1.33 bits per heavy atom. The first-order chi connectivity index (χ1) is 9.95. The van der Waals surface area contributed by atoms with Gasteiger partial charge < -0.3 is 15.2 Å². The molecule has 0 unspecified atom stereocenters. The topological polar surface area (TPSA) is 65.2 Å². The van der Waals surface area contributed by atoms with E-state index < -0.39 is 0 Å². The van der Waals surface area contributed by atoms with Crippen LogP contribution in [0.4, 0.5) is 10.1 Å². The lowest BCUT2D eigenvalue weighted by Gasteiger charge is -2.16. The number of rotatable bonds is 4. The summed E-state index contributed by atoms with van der Waals surface area (Å²) in [6.45, 7) is -0.132. The number of aromatic amines is 1. The Morgan fingerprint density at radius 3 is 2.57 bits per heavy atom. The van der Waals surface area contributed by atoms with Crippen LogP contribution in [0.1, 0.15) is 10.5 Å². The summed E-state index contributed by atoms with van der Waals surface area (Å²) in [5.74, 6) is -1.12. The van der Waals surface area contributed by atoms with Gasteiger partial charge in [0.15, 0.2) is 0 Å². The average Bonchev–Trinajstić information content (AvgIpc) is 2.87. The number of benzene rings is 1. The highest BCUT2D eigenvalue weighted by Crippen LogP contribution is 2.11. The van der Waals surface area contributed by atoms with Crippen molar-refractivity contribution in [3.63, 3.8) is 0 Å². The number of amides is 2. The smallest absolute Gasteiger partial charge is 0.270 e. The number of likely N-dealkylation sites (N-methyl/N-ethyl adjacent to an activating group) is 1. The quantitative estimate of drug-likeness (QED) is 0.911. The molecule has 0 bridgehead atoms. The molecule has 0 fully saturated rings. The predicted octanol–water partition coefficient (Wildman–Crippen LogP) is 2.52. The fourth-order valence-electron chi connectivity index (χ4n) is 1.72. The highest BCUT2D eigenvalue weighted by atomic mass is 35.5. The van der Waals surface area contributed by atoms with Crippen molar-refractivity contribution >= 4 is 29.1 Å². The highest BCUT2D eigenvalue weighted by molar-refractivity contribution is 6.31. The first-order valence-corrected chi connectivity index (χ1v) is 6.48. The third kappa shape index (κ3) is 4.06. The summed E-state index contributed by atoms with van der Waals surface area (Å²) in [5, 5.41) is 2.99. The van der Waals surface area contributed by atoms with E-state index in [4.69, 9.17) is 11.6 Å². The van der Waals surface area contributed by atoms with Crippen LogP contribution in [-0.2, 0) is 4.79 Å². The molecule has 0 aliphatic rings. The summed E-state index contributed by atoms with van der Waals surface area (Å²) in [4.78, 5) is 27.8. The molecule has 5 nitrogen and oxygen atoms in total. The van der Waals surface area contributed by atoms with Gasteiger partial charge in [0.1, 0.15) is 11.5 Å². The van der Waals surface area contributed by atoms with Gasteiger partial charge in [-0.1, -0.05) is 11.6 Å². The Bertz CT molecular complexity index is 654. The average molecular weight is 310 g/mol. The predicted molar refractivity (Wildman–Crippen MR) is 77.8 cm³/mol. The molecule has 0 aliphatic carbocycles. The highest BCUT2D eigenvalue weighted by Gasteiger charge is 2.16. The van der Waals surface area contributed by atoms with Gasteiger partial charge in [-0.2, -0.15) is 0 Å². The van der Waals surface area contributed by atoms with Crippen molar-refractivity contribution < 1.29 is 14.0 Å². The number of hydrogen-bond donors (Lipinski definition) is 2. The second kappa shape index (κ2) is 6.41. The molecular formula is C14H13ClFN3O2. The molecule has 0 atom stereocenters. The SMILES string of the molecule is CN(CC(=O)Nc1ccc(F)cc1)C(=O)c1cc(Cl)c[nH]1. The molecule has 2 amide bonds. The maximum absolute atomic E-state index is 12.7. The molecule has 1 aromatic carbocycles. The van der Waals surface area contributed by atoms with Crippen molar-refractivity contribution in [2.75, 3.05) is 18.9 Å². The number of carbonyl (C=O) groups excluding carboxylic acids is 2. The second-order valence-corrected chi connectivity index (χ2v) is 4.88. The molecule has 110 valence electrons. The Hall–Kier alpha value is -2.34. The van der Waals surface area contributed by atoms with Crippen molar-refractivity contribution in [2.24, 2.45) is 0 Å². The van der Waals surface area contributed by atoms with Crippen molar-refractivity contribution in [2.45, 2.75) is 0 Å². The van der Waals surface area contributed by atoms with E-state index >= 15 is 0 Å².